The van der Waals surface area contributed by atoms with Crippen LogP contribution in [0.5, 0.6) is 0 Å². The Bertz CT molecular complexity index is 252. The molecule has 0 unspecified atom stereocenters. The zero-order chi connectivity index (χ0) is 13.4. The molecule has 0 aromatic heterocycles. The van der Waals surface area contributed by atoms with E-state index >= 15 is 0 Å². The van der Waals surface area contributed by atoms with E-state index < -0.39 is 14.8 Å². The van der Waals surface area contributed by atoms with Crippen molar-refractivity contribution < 1.29 is 0 Å². The van der Waals surface area contributed by atoms with E-state index in [1.165, 1.54) is 58.2 Å². The van der Waals surface area contributed by atoms with E-state index in [0.717, 1.165) is 18.1 Å². The van der Waals surface area contributed by atoms with Gasteiger partial charge >= 0.3 is 14.8 Å². The van der Waals surface area contributed by atoms with Crippen LogP contribution in [-0.4, -0.2) is 64.2 Å². The standard InChI is InChI=1S/3C5H10N.Al/c3*1-2-6-5-3-4-5;/h3*5H,2-4H2,1H3;/q3*-1;+3. The maximum absolute atomic E-state index is 2.93. The molecule has 0 amide bonds. The minimum Gasteiger partial charge on any atom is -0.354 e. The third-order valence-electron chi connectivity index (χ3n) is 5.03. The van der Waals surface area contributed by atoms with Crippen LogP contribution < -0.4 is 0 Å². The van der Waals surface area contributed by atoms with Gasteiger partial charge < -0.3 is 11.7 Å². The summed E-state index contributed by atoms with van der Waals surface area (Å²) in [5, 5.41) is 0. The lowest BCUT2D eigenvalue weighted by molar-refractivity contribution is 0.264. The van der Waals surface area contributed by atoms with Crippen molar-refractivity contribution in [3.05, 3.63) is 0 Å². The average molecular weight is 279 g/mol. The molecule has 108 valence electrons. The number of nitrogens with zero attached hydrogens (tertiary/aromatic N) is 3. The van der Waals surface area contributed by atoms with E-state index in [9.17, 15) is 0 Å². The first kappa shape index (κ1) is 14.4. The Morgan fingerprint density at radius 3 is 1.05 bits per heavy atom. The Morgan fingerprint density at radius 2 is 0.895 bits per heavy atom. The van der Waals surface area contributed by atoms with Crippen molar-refractivity contribution in [2.45, 2.75) is 77.4 Å². The van der Waals surface area contributed by atoms with Crippen LogP contribution in [-0.2, 0) is 0 Å². The third-order valence-corrected chi connectivity index (χ3v) is 9.17. The minimum atomic E-state index is -1.06. The summed E-state index contributed by atoms with van der Waals surface area (Å²) in [6, 6.07) is 2.80. The van der Waals surface area contributed by atoms with E-state index in [0.29, 0.717) is 0 Å². The summed E-state index contributed by atoms with van der Waals surface area (Å²) in [7, 11) is 0. The number of hydrogen-bond donors (Lipinski definition) is 0. The maximum Gasteiger partial charge on any atom is 0.609 e. The SMILES string of the molecule is CC[N](C1CC1)[Al]([N](CC)C1CC1)[N](CC)C1CC1. The van der Waals surface area contributed by atoms with Crippen LogP contribution in [0.4, 0.5) is 0 Å². The Hall–Kier alpha value is 0.412. The van der Waals surface area contributed by atoms with Gasteiger partial charge in [-0.3, -0.25) is 0 Å². The quantitative estimate of drug-likeness (QED) is 0.600. The lowest BCUT2D eigenvalue weighted by Crippen LogP contribution is -2.64. The van der Waals surface area contributed by atoms with Gasteiger partial charge in [0.05, 0.1) is 0 Å². The van der Waals surface area contributed by atoms with E-state index in [1.54, 1.807) is 0 Å². The fraction of sp³-hybridized carbons (Fsp3) is 1.00. The van der Waals surface area contributed by atoms with Gasteiger partial charge in [0, 0.05) is 0 Å². The Labute approximate surface area is 124 Å². The molecule has 0 radical (unpaired) electrons. The van der Waals surface area contributed by atoms with Crippen molar-refractivity contribution in [2.24, 2.45) is 0 Å². The predicted molar refractivity (Wildman–Crippen MR) is 82.0 cm³/mol. The van der Waals surface area contributed by atoms with Gasteiger partial charge in [-0.2, -0.15) is 0 Å². The van der Waals surface area contributed by atoms with Crippen molar-refractivity contribution in [1.82, 2.24) is 11.7 Å². The molecule has 3 aliphatic carbocycles. The normalized spacial score (nSPS) is 23.7. The molecule has 0 aliphatic heterocycles. The van der Waals surface area contributed by atoms with E-state index in [-0.39, 0.29) is 0 Å². The fourth-order valence-electron chi connectivity index (χ4n) is 3.62. The zero-order valence-electron chi connectivity index (χ0n) is 13.0. The van der Waals surface area contributed by atoms with Gasteiger partial charge in [0.1, 0.15) is 0 Å². The summed E-state index contributed by atoms with van der Waals surface area (Å²) < 4.78 is 8.80. The van der Waals surface area contributed by atoms with Crippen molar-refractivity contribution in [3.8, 4) is 0 Å². The average Bonchev–Trinajstić information content (AvgIpc) is 3.29. The summed E-state index contributed by atoms with van der Waals surface area (Å²) in [4.78, 5) is 0. The Kier molecular flexibility index (Phi) is 4.56. The molecule has 4 heteroatoms. The second-order valence-corrected chi connectivity index (χ2v) is 9.21. The monoisotopic (exact) mass is 279 g/mol. The fourth-order valence-corrected chi connectivity index (χ4v) is 7.77. The van der Waals surface area contributed by atoms with Crippen LogP contribution in [0.15, 0.2) is 0 Å². The molecule has 0 aromatic carbocycles. The van der Waals surface area contributed by atoms with Gasteiger partial charge in [0.2, 0.25) is 0 Å². The molecule has 19 heavy (non-hydrogen) atoms. The Morgan fingerprint density at radius 1 is 0.632 bits per heavy atom. The highest BCUT2D eigenvalue weighted by Crippen LogP contribution is 2.37. The second kappa shape index (κ2) is 6.04. The van der Waals surface area contributed by atoms with Crippen LogP contribution in [0.1, 0.15) is 59.3 Å². The first-order chi connectivity index (χ1) is 9.30. The van der Waals surface area contributed by atoms with Gasteiger partial charge in [-0.25, -0.2) is 0 Å². The van der Waals surface area contributed by atoms with Gasteiger partial charge in [-0.05, 0) is 76.3 Å². The summed E-state index contributed by atoms with van der Waals surface area (Å²) in [5.74, 6) is 0. The predicted octanol–water partition coefficient (Wildman–Crippen LogP) is 2.42. The summed E-state index contributed by atoms with van der Waals surface area (Å²) >= 11 is -1.06. The molecule has 3 saturated carbocycles. The molecular weight excluding hydrogens is 249 g/mol. The number of rotatable bonds is 9. The molecule has 0 atom stereocenters. The summed E-state index contributed by atoms with van der Waals surface area (Å²) in [6.45, 7) is 11.0. The number of hydrogen-bond acceptors (Lipinski definition) is 3. The molecule has 3 rings (SSSR count). The molecule has 0 bridgehead atoms. The van der Waals surface area contributed by atoms with E-state index in [2.05, 4.69) is 32.4 Å². The summed E-state index contributed by atoms with van der Waals surface area (Å²) in [5.41, 5.74) is 0. The van der Waals surface area contributed by atoms with Gasteiger partial charge in [-0.1, -0.05) is 20.8 Å². The van der Waals surface area contributed by atoms with Crippen molar-refractivity contribution in [2.75, 3.05) is 19.6 Å². The van der Waals surface area contributed by atoms with Crippen LogP contribution in [0.25, 0.3) is 0 Å². The molecular formula is C15H30AlN3. The zero-order valence-corrected chi connectivity index (χ0v) is 14.2. The van der Waals surface area contributed by atoms with Crippen molar-refractivity contribution >= 4 is 14.8 Å². The molecule has 3 nitrogen and oxygen atoms in total. The van der Waals surface area contributed by atoms with E-state index in [4.69, 9.17) is 0 Å². The Balaban J connectivity index is 1.79. The van der Waals surface area contributed by atoms with Crippen molar-refractivity contribution in [1.29, 1.82) is 0 Å². The first-order valence-electron chi connectivity index (χ1n) is 8.57. The minimum absolute atomic E-state index is 0.933. The van der Waals surface area contributed by atoms with Crippen LogP contribution >= 0.6 is 0 Å². The second-order valence-electron chi connectivity index (χ2n) is 6.53. The summed E-state index contributed by atoms with van der Waals surface area (Å²) in [6.07, 6.45) is 8.76. The van der Waals surface area contributed by atoms with Gasteiger partial charge in [-0.15, -0.1) is 0 Å². The third kappa shape index (κ3) is 3.19. The smallest absolute Gasteiger partial charge is 0.354 e. The lowest BCUT2D eigenvalue weighted by Gasteiger charge is -2.41. The first-order valence-corrected chi connectivity index (χ1v) is 10.1. The van der Waals surface area contributed by atoms with Gasteiger partial charge in [0.25, 0.3) is 0 Å². The van der Waals surface area contributed by atoms with Gasteiger partial charge in [0.15, 0.2) is 0 Å². The van der Waals surface area contributed by atoms with Crippen molar-refractivity contribution in [3.63, 3.8) is 0 Å². The maximum atomic E-state index is 2.93. The topological polar surface area (TPSA) is 9.72 Å². The highest BCUT2D eigenvalue weighted by molar-refractivity contribution is 6.50. The van der Waals surface area contributed by atoms with E-state index in [1.807, 2.05) is 0 Å². The molecule has 0 aromatic rings. The molecule has 0 N–H and O–H groups in total. The highest BCUT2D eigenvalue weighted by Gasteiger charge is 2.52. The van der Waals surface area contributed by atoms with Crippen LogP contribution in [0, 0.1) is 0 Å². The lowest BCUT2D eigenvalue weighted by atomic mass is 10.6. The van der Waals surface area contributed by atoms with Crippen LogP contribution in [0.2, 0.25) is 0 Å². The largest absolute Gasteiger partial charge is 0.609 e. The molecule has 0 saturated heterocycles. The van der Waals surface area contributed by atoms with Crippen LogP contribution in [0.3, 0.4) is 0 Å². The molecule has 3 aliphatic rings. The molecule has 0 spiro atoms. The highest BCUT2D eigenvalue weighted by atomic mass is 27.2. The molecule has 3 fully saturated rings. The molecule has 0 heterocycles.